The van der Waals surface area contributed by atoms with Crippen molar-refractivity contribution in [3.63, 3.8) is 0 Å². The maximum absolute atomic E-state index is 13.3. The molecule has 0 aliphatic carbocycles. The summed E-state index contributed by atoms with van der Waals surface area (Å²) in [5, 5.41) is 0. The molecule has 4 heteroatoms. The maximum Gasteiger partial charge on any atom is 0.123 e. The third-order valence-corrected chi connectivity index (χ3v) is 2.83. The Balaban J connectivity index is 3.08. The van der Waals surface area contributed by atoms with E-state index in [-0.39, 0.29) is 17.8 Å². The van der Waals surface area contributed by atoms with E-state index in [0.29, 0.717) is 11.3 Å². The molecule has 0 aliphatic heterocycles. The monoisotopic (exact) mass is 241 g/mol. The van der Waals surface area contributed by atoms with E-state index < -0.39 is 6.04 Å². The first-order valence-electron chi connectivity index (χ1n) is 5.63. The van der Waals surface area contributed by atoms with Gasteiger partial charge in [0.05, 0.1) is 19.3 Å². The number of methoxy groups -OCH3 is 2. The van der Waals surface area contributed by atoms with E-state index in [2.05, 4.69) is 0 Å². The van der Waals surface area contributed by atoms with Crippen LogP contribution in [0.4, 0.5) is 4.39 Å². The molecule has 3 nitrogen and oxygen atoms in total. The molecule has 0 heterocycles. The Morgan fingerprint density at radius 1 is 1.24 bits per heavy atom. The number of halogens is 1. The van der Waals surface area contributed by atoms with Gasteiger partial charge >= 0.3 is 0 Å². The molecule has 1 aromatic rings. The summed E-state index contributed by atoms with van der Waals surface area (Å²) in [6, 6.07) is 3.92. The molecule has 2 atom stereocenters. The van der Waals surface area contributed by atoms with E-state index in [9.17, 15) is 4.39 Å². The van der Waals surface area contributed by atoms with Crippen molar-refractivity contribution in [2.75, 3.05) is 14.2 Å². The number of hydrogen-bond donors (Lipinski definition) is 1. The molecule has 0 aliphatic rings. The van der Waals surface area contributed by atoms with Crippen LogP contribution >= 0.6 is 0 Å². The Labute approximate surface area is 102 Å². The second-order valence-electron chi connectivity index (χ2n) is 4.36. The highest BCUT2D eigenvalue weighted by Crippen LogP contribution is 2.30. The first-order valence-corrected chi connectivity index (χ1v) is 5.63. The molecule has 0 radical (unpaired) electrons. The highest BCUT2D eigenvalue weighted by Gasteiger charge is 2.25. The van der Waals surface area contributed by atoms with E-state index in [0.717, 1.165) is 0 Å². The first-order chi connectivity index (χ1) is 8.01. The average Bonchev–Trinajstić information content (AvgIpc) is 2.29. The second-order valence-corrected chi connectivity index (χ2v) is 4.36. The Kier molecular flexibility index (Phi) is 4.90. The lowest BCUT2D eigenvalue weighted by atomic mass is 9.93. The van der Waals surface area contributed by atoms with Crippen LogP contribution in [0.2, 0.25) is 0 Å². The molecule has 1 aromatic carbocycles. The molecule has 0 bridgehead atoms. The van der Waals surface area contributed by atoms with Gasteiger partial charge in [0, 0.05) is 12.7 Å². The summed E-state index contributed by atoms with van der Waals surface area (Å²) < 4.78 is 23.8. The largest absolute Gasteiger partial charge is 0.496 e. The zero-order valence-electron chi connectivity index (χ0n) is 10.7. The fourth-order valence-corrected chi connectivity index (χ4v) is 1.98. The van der Waals surface area contributed by atoms with Crippen LogP contribution in [-0.2, 0) is 4.74 Å². The summed E-state index contributed by atoms with van der Waals surface area (Å²) >= 11 is 0. The third kappa shape index (κ3) is 3.17. The van der Waals surface area contributed by atoms with Gasteiger partial charge in [-0.25, -0.2) is 4.39 Å². The summed E-state index contributed by atoms with van der Waals surface area (Å²) in [6.07, 6.45) is -0.175. The molecule has 0 amide bonds. The molecule has 2 N–H and O–H groups in total. The van der Waals surface area contributed by atoms with Crippen LogP contribution in [0.3, 0.4) is 0 Å². The zero-order valence-corrected chi connectivity index (χ0v) is 10.7. The minimum Gasteiger partial charge on any atom is -0.496 e. The smallest absolute Gasteiger partial charge is 0.123 e. The van der Waals surface area contributed by atoms with Crippen molar-refractivity contribution in [2.45, 2.75) is 26.0 Å². The standard InChI is InChI=1S/C13H20FNO2/c1-8(2)13(17-4)12(15)10-7-9(14)5-6-11(10)16-3/h5-8,12-13H,15H2,1-4H3. The highest BCUT2D eigenvalue weighted by atomic mass is 19.1. The Hall–Kier alpha value is -1.13. The number of benzene rings is 1. The third-order valence-electron chi connectivity index (χ3n) is 2.83. The van der Waals surface area contributed by atoms with Gasteiger partial charge in [0.2, 0.25) is 0 Å². The maximum atomic E-state index is 13.3. The number of nitrogens with two attached hydrogens (primary N) is 1. The van der Waals surface area contributed by atoms with Gasteiger partial charge in [-0.1, -0.05) is 13.8 Å². The normalized spacial score (nSPS) is 14.8. The fraction of sp³-hybridized carbons (Fsp3) is 0.538. The number of hydrogen-bond acceptors (Lipinski definition) is 3. The Bertz CT molecular complexity index is 368. The summed E-state index contributed by atoms with van der Waals surface area (Å²) in [5.74, 6) is 0.499. The van der Waals surface area contributed by atoms with Crippen molar-refractivity contribution in [1.82, 2.24) is 0 Å². The number of ether oxygens (including phenoxy) is 2. The van der Waals surface area contributed by atoms with Gasteiger partial charge in [0.25, 0.3) is 0 Å². The highest BCUT2D eigenvalue weighted by molar-refractivity contribution is 5.37. The average molecular weight is 241 g/mol. The van der Waals surface area contributed by atoms with Crippen LogP contribution in [-0.4, -0.2) is 20.3 Å². The van der Waals surface area contributed by atoms with Crippen molar-refractivity contribution in [3.05, 3.63) is 29.6 Å². The Morgan fingerprint density at radius 3 is 2.35 bits per heavy atom. The summed E-state index contributed by atoms with van der Waals surface area (Å²) in [7, 11) is 3.15. The lowest BCUT2D eigenvalue weighted by Crippen LogP contribution is -2.32. The van der Waals surface area contributed by atoms with Crippen LogP contribution in [0, 0.1) is 11.7 Å². The van der Waals surface area contributed by atoms with Gasteiger partial charge in [-0.05, 0) is 24.1 Å². The van der Waals surface area contributed by atoms with Crippen molar-refractivity contribution >= 4 is 0 Å². The van der Waals surface area contributed by atoms with Crippen LogP contribution in [0.25, 0.3) is 0 Å². The van der Waals surface area contributed by atoms with Gasteiger partial charge in [-0.2, -0.15) is 0 Å². The van der Waals surface area contributed by atoms with Crippen molar-refractivity contribution in [2.24, 2.45) is 11.7 Å². The van der Waals surface area contributed by atoms with Crippen LogP contribution in [0.5, 0.6) is 5.75 Å². The van der Waals surface area contributed by atoms with Gasteiger partial charge < -0.3 is 15.2 Å². The van der Waals surface area contributed by atoms with Crippen LogP contribution in [0.1, 0.15) is 25.5 Å². The molecular formula is C13H20FNO2. The molecule has 0 aromatic heterocycles. The topological polar surface area (TPSA) is 44.5 Å². The molecule has 17 heavy (non-hydrogen) atoms. The molecule has 96 valence electrons. The van der Waals surface area contributed by atoms with E-state index in [1.807, 2.05) is 13.8 Å². The van der Waals surface area contributed by atoms with E-state index >= 15 is 0 Å². The van der Waals surface area contributed by atoms with E-state index in [4.69, 9.17) is 15.2 Å². The van der Waals surface area contributed by atoms with Crippen LogP contribution in [0.15, 0.2) is 18.2 Å². The summed E-state index contributed by atoms with van der Waals surface area (Å²) in [4.78, 5) is 0. The van der Waals surface area contributed by atoms with Crippen molar-refractivity contribution in [3.8, 4) is 5.75 Å². The predicted octanol–water partition coefficient (Wildman–Crippen LogP) is 2.51. The summed E-state index contributed by atoms with van der Waals surface area (Å²) in [6.45, 7) is 4.03. The minimum absolute atomic E-state index is 0.175. The van der Waals surface area contributed by atoms with E-state index in [1.54, 1.807) is 20.3 Å². The summed E-state index contributed by atoms with van der Waals surface area (Å²) in [5.41, 5.74) is 6.76. The molecule has 0 fully saturated rings. The fourth-order valence-electron chi connectivity index (χ4n) is 1.98. The molecule has 0 saturated heterocycles. The molecular weight excluding hydrogens is 221 g/mol. The zero-order chi connectivity index (χ0) is 13.0. The number of rotatable bonds is 5. The molecule has 2 unspecified atom stereocenters. The van der Waals surface area contributed by atoms with Crippen LogP contribution < -0.4 is 10.5 Å². The van der Waals surface area contributed by atoms with E-state index in [1.165, 1.54) is 12.1 Å². The quantitative estimate of drug-likeness (QED) is 0.861. The van der Waals surface area contributed by atoms with Gasteiger partial charge in [-0.3, -0.25) is 0 Å². The Morgan fingerprint density at radius 2 is 1.88 bits per heavy atom. The van der Waals surface area contributed by atoms with Gasteiger partial charge in [-0.15, -0.1) is 0 Å². The predicted molar refractivity (Wildman–Crippen MR) is 65.5 cm³/mol. The lowest BCUT2D eigenvalue weighted by Gasteiger charge is -2.27. The molecule has 1 rings (SSSR count). The first kappa shape index (κ1) is 13.9. The van der Waals surface area contributed by atoms with Crippen molar-refractivity contribution in [1.29, 1.82) is 0 Å². The van der Waals surface area contributed by atoms with Crippen molar-refractivity contribution < 1.29 is 13.9 Å². The lowest BCUT2D eigenvalue weighted by molar-refractivity contribution is 0.0430. The van der Waals surface area contributed by atoms with Gasteiger partial charge in [0.1, 0.15) is 11.6 Å². The SMILES string of the molecule is COc1ccc(F)cc1C(N)C(OC)C(C)C. The minimum atomic E-state index is -0.411. The van der Waals surface area contributed by atoms with Gasteiger partial charge in [0.15, 0.2) is 0 Å². The molecule has 0 saturated carbocycles. The molecule has 0 spiro atoms. The second kappa shape index (κ2) is 5.98.